The van der Waals surface area contributed by atoms with Crippen LogP contribution in [0.3, 0.4) is 0 Å². The van der Waals surface area contributed by atoms with Crippen molar-refractivity contribution < 1.29 is 9.26 Å². The van der Waals surface area contributed by atoms with Gasteiger partial charge in [-0.3, -0.25) is 0 Å². The minimum Gasteiger partial charge on any atom is -0.496 e. The molecule has 4 nitrogen and oxygen atoms in total. The fourth-order valence-corrected chi connectivity index (χ4v) is 2.52. The zero-order valence-corrected chi connectivity index (χ0v) is 12.9. The lowest BCUT2D eigenvalue weighted by molar-refractivity contribution is 0.413. The van der Waals surface area contributed by atoms with Crippen molar-refractivity contribution in [3.8, 4) is 28.6 Å². The fourth-order valence-electron chi connectivity index (χ4n) is 1.91. The number of para-hydroxylation sites is 1. The Hall–Kier alpha value is -1.89. The summed E-state index contributed by atoms with van der Waals surface area (Å²) in [5, 5.41) is 4.04. The fraction of sp³-hybridized carbons (Fsp3) is 0.0667. The van der Waals surface area contributed by atoms with Crippen LogP contribution < -0.4 is 4.74 Å². The van der Waals surface area contributed by atoms with Crippen LogP contribution in [-0.4, -0.2) is 17.3 Å². The first kappa shape index (κ1) is 13.1. The maximum Gasteiger partial charge on any atom is 0.259 e. The summed E-state index contributed by atoms with van der Waals surface area (Å²) in [7, 11) is 1.62. The van der Waals surface area contributed by atoms with Gasteiger partial charge in [0, 0.05) is 3.57 Å². The first-order chi connectivity index (χ1) is 9.79. The lowest BCUT2D eigenvalue weighted by Gasteiger charge is -2.03. The Kier molecular flexibility index (Phi) is 3.68. The maximum absolute atomic E-state index is 5.36. The lowest BCUT2D eigenvalue weighted by atomic mass is 10.2. The minimum atomic E-state index is 0.510. The van der Waals surface area contributed by atoms with E-state index in [0.717, 1.165) is 20.4 Å². The summed E-state index contributed by atoms with van der Waals surface area (Å²) < 4.78 is 11.7. The number of methoxy groups -OCH3 is 1. The number of ether oxygens (including phenoxy) is 1. The molecule has 2 aromatic carbocycles. The van der Waals surface area contributed by atoms with Gasteiger partial charge in [0.1, 0.15) is 5.75 Å². The van der Waals surface area contributed by atoms with Gasteiger partial charge in [0.05, 0.1) is 18.2 Å². The van der Waals surface area contributed by atoms with E-state index in [1.54, 1.807) is 7.11 Å². The van der Waals surface area contributed by atoms with Crippen LogP contribution in [-0.2, 0) is 0 Å². The molecule has 0 saturated heterocycles. The molecule has 0 atom stereocenters. The van der Waals surface area contributed by atoms with Gasteiger partial charge in [-0.15, -0.1) is 0 Å². The molecule has 0 aliphatic heterocycles. The van der Waals surface area contributed by atoms with E-state index in [4.69, 9.17) is 9.26 Å². The van der Waals surface area contributed by atoms with Crippen molar-refractivity contribution in [1.82, 2.24) is 10.1 Å². The maximum atomic E-state index is 5.36. The largest absolute Gasteiger partial charge is 0.496 e. The van der Waals surface area contributed by atoms with Crippen LogP contribution in [0.1, 0.15) is 0 Å². The van der Waals surface area contributed by atoms with Crippen LogP contribution in [0.5, 0.6) is 5.75 Å². The summed E-state index contributed by atoms with van der Waals surface area (Å²) in [5.41, 5.74) is 1.75. The van der Waals surface area contributed by atoms with Crippen molar-refractivity contribution in [3.05, 3.63) is 52.1 Å². The van der Waals surface area contributed by atoms with Crippen molar-refractivity contribution in [1.29, 1.82) is 0 Å². The van der Waals surface area contributed by atoms with E-state index in [2.05, 4.69) is 32.7 Å². The summed E-state index contributed by atoms with van der Waals surface area (Å²) in [5.74, 6) is 1.76. The van der Waals surface area contributed by atoms with E-state index in [-0.39, 0.29) is 0 Å². The topological polar surface area (TPSA) is 48.2 Å². The monoisotopic (exact) mass is 378 g/mol. The standard InChI is InChI=1S/C15H11IN2O2/c1-19-13-9-5-3-7-11(13)14-17-15(20-18-14)10-6-2-4-8-12(10)16/h2-9H,1H3. The van der Waals surface area contributed by atoms with Crippen LogP contribution in [0, 0.1) is 3.57 Å². The van der Waals surface area contributed by atoms with Crippen LogP contribution in [0.2, 0.25) is 0 Å². The highest BCUT2D eigenvalue weighted by atomic mass is 127. The third kappa shape index (κ3) is 2.40. The number of benzene rings is 2. The smallest absolute Gasteiger partial charge is 0.259 e. The Morgan fingerprint density at radius 1 is 1.00 bits per heavy atom. The van der Waals surface area contributed by atoms with Crippen LogP contribution in [0.15, 0.2) is 53.1 Å². The predicted molar refractivity (Wildman–Crippen MR) is 84.4 cm³/mol. The lowest BCUT2D eigenvalue weighted by Crippen LogP contribution is -1.89. The molecule has 0 N–H and O–H groups in total. The van der Waals surface area contributed by atoms with Crippen molar-refractivity contribution in [2.75, 3.05) is 7.11 Å². The van der Waals surface area contributed by atoms with Gasteiger partial charge in [-0.05, 0) is 46.9 Å². The van der Waals surface area contributed by atoms with Gasteiger partial charge < -0.3 is 9.26 Å². The molecule has 0 unspecified atom stereocenters. The Balaban J connectivity index is 2.05. The number of hydrogen-bond donors (Lipinski definition) is 0. The summed E-state index contributed by atoms with van der Waals surface area (Å²) in [6.07, 6.45) is 0. The third-order valence-electron chi connectivity index (χ3n) is 2.88. The van der Waals surface area contributed by atoms with Crippen LogP contribution in [0.4, 0.5) is 0 Å². The average molecular weight is 378 g/mol. The molecule has 100 valence electrons. The van der Waals surface area contributed by atoms with Gasteiger partial charge in [-0.2, -0.15) is 4.98 Å². The van der Waals surface area contributed by atoms with Crippen LogP contribution >= 0.6 is 22.6 Å². The number of nitrogens with zero attached hydrogens (tertiary/aromatic N) is 2. The molecular weight excluding hydrogens is 367 g/mol. The number of halogens is 1. The zero-order valence-electron chi connectivity index (χ0n) is 10.7. The Bertz CT molecular complexity index is 740. The molecule has 0 saturated carbocycles. The van der Waals surface area contributed by atoms with Gasteiger partial charge in [0.2, 0.25) is 5.82 Å². The van der Waals surface area contributed by atoms with Crippen molar-refractivity contribution in [2.45, 2.75) is 0 Å². The number of hydrogen-bond acceptors (Lipinski definition) is 4. The van der Waals surface area contributed by atoms with Crippen molar-refractivity contribution >= 4 is 22.6 Å². The van der Waals surface area contributed by atoms with Gasteiger partial charge in [-0.1, -0.05) is 29.4 Å². The molecule has 3 aromatic rings. The Labute approximate surface area is 129 Å². The quantitative estimate of drug-likeness (QED) is 0.646. The third-order valence-corrected chi connectivity index (χ3v) is 3.82. The van der Waals surface area contributed by atoms with Gasteiger partial charge in [0.15, 0.2) is 0 Å². The molecule has 1 aromatic heterocycles. The van der Waals surface area contributed by atoms with Gasteiger partial charge in [-0.25, -0.2) is 0 Å². The predicted octanol–water partition coefficient (Wildman–Crippen LogP) is 4.02. The van der Waals surface area contributed by atoms with E-state index >= 15 is 0 Å². The molecule has 0 aliphatic carbocycles. The van der Waals surface area contributed by atoms with Gasteiger partial charge >= 0.3 is 0 Å². The average Bonchev–Trinajstić information content (AvgIpc) is 2.97. The molecule has 5 heteroatoms. The van der Waals surface area contributed by atoms with E-state index in [9.17, 15) is 0 Å². The first-order valence-electron chi connectivity index (χ1n) is 6.01. The highest BCUT2D eigenvalue weighted by molar-refractivity contribution is 14.1. The van der Waals surface area contributed by atoms with Gasteiger partial charge in [0.25, 0.3) is 5.89 Å². The second-order valence-corrected chi connectivity index (χ2v) is 5.27. The highest BCUT2D eigenvalue weighted by Gasteiger charge is 2.15. The Morgan fingerprint density at radius 2 is 1.70 bits per heavy atom. The van der Waals surface area contributed by atoms with E-state index in [0.29, 0.717) is 11.7 Å². The molecular formula is C15H11IN2O2. The number of rotatable bonds is 3. The van der Waals surface area contributed by atoms with E-state index in [1.807, 2.05) is 48.5 Å². The Morgan fingerprint density at radius 3 is 2.45 bits per heavy atom. The summed E-state index contributed by atoms with van der Waals surface area (Å²) in [6.45, 7) is 0. The molecule has 0 aliphatic rings. The van der Waals surface area contributed by atoms with E-state index < -0.39 is 0 Å². The van der Waals surface area contributed by atoms with Crippen molar-refractivity contribution in [2.24, 2.45) is 0 Å². The molecule has 0 radical (unpaired) electrons. The molecule has 0 bridgehead atoms. The molecule has 1 heterocycles. The zero-order chi connectivity index (χ0) is 13.9. The summed E-state index contributed by atoms with van der Waals surface area (Å²) >= 11 is 2.25. The van der Waals surface area contributed by atoms with Crippen molar-refractivity contribution in [3.63, 3.8) is 0 Å². The minimum absolute atomic E-state index is 0.510. The molecule has 0 spiro atoms. The molecule has 20 heavy (non-hydrogen) atoms. The molecule has 0 amide bonds. The van der Waals surface area contributed by atoms with Crippen LogP contribution in [0.25, 0.3) is 22.8 Å². The second kappa shape index (κ2) is 5.62. The summed E-state index contributed by atoms with van der Waals surface area (Å²) in [4.78, 5) is 4.46. The normalized spacial score (nSPS) is 10.5. The summed E-state index contributed by atoms with van der Waals surface area (Å²) in [6, 6.07) is 15.5. The SMILES string of the molecule is COc1ccccc1-c1noc(-c2ccccc2I)n1. The second-order valence-electron chi connectivity index (χ2n) is 4.10. The molecule has 3 rings (SSSR count). The van der Waals surface area contributed by atoms with E-state index in [1.165, 1.54) is 0 Å². The highest BCUT2D eigenvalue weighted by Crippen LogP contribution is 2.30. The first-order valence-corrected chi connectivity index (χ1v) is 7.09. The number of aromatic nitrogens is 2. The molecule has 0 fully saturated rings.